The lowest BCUT2D eigenvalue weighted by atomic mass is 10.1. The molecule has 1 aromatic carbocycles. The first-order valence-corrected chi connectivity index (χ1v) is 6.63. The van der Waals surface area contributed by atoms with Crippen LogP contribution in [0.15, 0.2) is 36.7 Å². The molecular formula is C16H18FN3O. The molecule has 2 aromatic rings. The number of pyridine rings is 1. The van der Waals surface area contributed by atoms with Gasteiger partial charge in [0.2, 0.25) is 0 Å². The van der Waals surface area contributed by atoms with Gasteiger partial charge >= 0.3 is 0 Å². The number of aromatic nitrogens is 1. The smallest absolute Gasteiger partial charge is 0.255 e. The van der Waals surface area contributed by atoms with Crippen molar-refractivity contribution in [2.75, 3.05) is 19.0 Å². The van der Waals surface area contributed by atoms with E-state index in [0.717, 1.165) is 11.3 Å². The highest BCUT2D eigenvalue weighted by atomic mass is 19.1. The Hall–Kier alpha value is -2.43. The molecule has 0 bridgehead atoms. The largest absolute Gasteiger partial charge is 0.377 e. The van der Waals surface area contributed by atoms with Crippen LogP contribution < -0.4 is 10.2 Å². The van der Waals surface area contributed by atoms with Gasteiger partial charge in [0.25, 0.3) is 5.91 Å². The van der Waals surface area contributed by atoms with Crippen LogP contribution in [0.25, 0.3) is 0 Å². The molecule has 21 heavy (non-hydrogen) atoms. The second kappa shape index (κ2) is 6.35. The third kappa shape index (κ3) is 3.56. The van der Waals surface area contributed by atoms with Crippen LogP contribution in [0.2, 0.25) is 0 Å². The van der Waals surface area contributed by atoms with E-state index in [2.05, 4.69) is 10.3 Å². The van der Waals surface area contributed by atoms with Crippen molar-refractivity contribution in [2.24, 2.45) is 0 Å². The molecule has 0 unspecified atom stereocenters. The van der Waals surface area contributed by atoms with Crippen LogP contribution >= 0.6 is 0 Å². The summed E-state index contributed by atoms with van der Waals surface area (Å²) in [5.74, 6) is -0.444. The summed E-state index contributed by atoms with van der Waals surface area (Å²) in [6, 6.07) is 6.59. The first-order valence-electron chi connectivity index (χ1n) is 6.63. The summed E-state index contributed by atoms with van der Waals surface area (Å²) in [6.45, 7) is 2.05. The van der Waals surface area contributed by atoms with Crippen LogP contribution in [0.3, 0.4) is 0 Å². The molecule has 0 aliphatic heterocycles. The molecule has 1 amide bonds. The Bertz CT molecular complexity index is 656. The van der Waals surface area contributed by atoms with E-state index in [9.17, 15) is 9.18 Å². The molecule has 1 aromatic heterocycles. The molecule has 0 fully saturated rings. The number of amides is 1. The maximum atomic E-state index is 13.2. The fourth-order valence-electron chi connectivity index (χ4n) is 2.05. The van der Waals surface area contributed by atoms with Crippen molar-refractivity contribution >= 4 is 11.6 Å². The molecule has 0 saturated heterocycles. The Morgan fingerprint density at radius 2 is 2.10 bits per heavy atom. The molecule has 0 spiro atoms. The maximum Gasteiger partial charge on any atom is 0.255 e. The number of benzene rings is 1. The normalized spacial score (nSPS) is 10.3. The summed E-state index contributed by atoms with van der Waals surface area (Å²) in [6.07, 6.45) is 3.19. The van der Waals surface area contributed by atoms with Crippen LogP contribution in [-0.2, 0) is 6.54 Å². The second-order valence-electron chi connectivity index (χ2n) is 5.05. The molecule has 4 nitrogen and oxygen atoms in total. The van der Waals surface area contributed by atoms with Crippen LogP contribution in [0.5, 0.6) is 0 Å². The monoisotopic (exact) mass is 287 g/mol. The van der Waals surface area contributed by atoms with Gasteiger partial charge in [-0.15, -0.1) is 0 Å². The number of nitrogens with one attached hydrogen (secondary N) is 1. The molecule has 110 valence electrons. The zero-order valence-corrected chi connectivity index (χ0v) is 12.4. The lowest BCUT2D eigenvalue weighted by molar-refractivity contribution is 0.0951. The number of aryl methyl sites for hydroxylation is 1. The summed E-state index contributed by atoms with van der Waals surface area (Å²) in [5, 5.41) is 2.83. The minimum absolute atomic E-state index is 0.200. The van der Waals surface area contributed by atoms with Gasteiger partial charge in [-0.2, -0.15) is 0 Å². The highest BCUT2D eigenvalue weighted by molar-refractivity contribution is 5.99. The van der Waals surface area contributed by atoms with Gasteiger partial charge in [-0.05, 0) is 30.2 Å². The lowest BCUT2D eigenvalue weighted by Gasteiger charge is -2.16. The van der Waals surface area contributed by atoms with Crippen LogP contribution in [0.1, 0.15) is 21.5 Å². The molecule has 0 saturated carbocycles. The third-order valence-electron chi connectivity index (χ3n) is 3.20. The van der Waals surface area contributed by atoms with Gasteiger partial charge in [0, 0.05) is 33.0 Å². The van der Waals surface area contributed by atoms with Crippen molar-refractivity contribution in [3.05, 3.63) is 59.2 Å². The SMILES string of the molecule is Cc1cc(CNC(=O)c2cnccc2N(C)C)ccc1F. The van der Waals surface area contributed by atoms with Crippen molar-refractivity contribution in [3.63, 3.8) is 0 Å². The zero-order chi connectivity index (χ0) is 15.4. The summed E-state index contributed by atoms with van der Waals surface area (Å²) in [4.78, 5) is 18.1. The third-order valence-corrected chi connectivity index (χ3v) is 3.20. The molecule has 0 aliphatic carbocycles. The molecule has 0 aliphatic rings. The van der Waals surface area contributed by atoms with Crippen LogP contribution in [-0.4, -0.2) is 25.0 Å². The Labute approximate surface area is 123 Å². The predicted octanol–water partition coefficient (Wildman–Crippen LogP) is 2.53. The van der Waals surface area contributed by atoms with E-state index in [1.807, 2.05) is 19.0 Å². The molecule has 2 rings (SSSR count). The van der Waals surface area contributed by atoms with E-state index in [1.165, 1.54) is 6.07 Å². The van der Waals surface area contributed by atoms with E-state index >= 15 is 0 Å². The minimum Gasteiger partial charge on any atom is -0.377 e. The predicted molar refractivity (Wildman–Crippen MR) is 80.9 cm³/mol. The fraction of sp³-hybridized carbons (Fsp3) is 0.250. The van der Waals surface area contributed by atoms with Gasteiger partial charge in [-0.25, -0.2) is 4.39 Å². The summed E-state index contributed by atoms with van der Waals surface area (Å²) < 4.78 is 13.2. The van der Waals surface area contributed by atoms with E-state index in [-0.39, 0.29) is 11.7 Å². The highest BCUT2D eigenvalue weighted by Crippen LogP contribution is 2.16. The van der Waals surface area contributed by atoms with Gasteiger partial charge in [-0.3, -0.25) is 9.78 Å². The van der Waals surface area contributed by atoms with Gasteiger partial charge < -0.3 is 10.2 Å². The number of carbonyl (C=O) groups excluding carboxylic acids is 1. The zero-order valence-electron chi connectivity index (χ0n) is 12.4. The Morgan fingerprint density at radius 3 is 2.76 bits per heavy atom. The molecule has 0 atom stereocenters. The number of hydrogen-bond donors (Lipinski definition) is 1. The van der Waals surface area contributed by atoms with E-state index in [4.69, 9.17) is 0 Å². The first-order chi connectivity index (χ1) is 9.99. The second-order valence-corrected chi connectivity index (χ2v) is 5.05. The van der Waals surface area contributed by atoms with Crippen molar-refractivity contribution in [2.45, 2.75) is 13.5 Å². The van der Waals surface area contributed by atoms with Crippen LogP contribution in [0, 0.1) is 12.7 Å². The van der Waals surface area contributed by atoms with Gasteiger partial charge in [-0.1, -0.05) is 12.1 Å². The van der Waals surface area contributed by atoms with Crippen molar-refractivity contribution in [3.8, 4) is 0 Å². The van der Waals surface area contributed by atoms with Crippen molar-refractivity contribution < 1.29 is 9.18 Å². The Balaban J connectivity index is 2.10. The fourth-order valence-corrected chi connectivity index (χ4v) is 2.05. The van der Waals surface area contributed by atoms with E-state index < -0.39 is 0 Å². The summed E-state index contributed by atoms with van der Waals surface area (Å²) >= 11 is 0. The van der Waals surface area contributed by atoms with Gasteiger partial charge in [0.05, 0.1) is 11.3 Å². The molecule has 1 heterocycles. The lowest BCUT2D eigenvalue weighted by Crippen LogP contribution is -2.25. The van der Waals surface area contributed by atoms with Gasteiger partial charge in [0.1, 0.15) is 5.82 Å². The molecule has 5 heteroatoms. The Morgan fingerprint density at radius 1 is 1.33 bits per heavy atom. The van der Waals surface area contributed by atoms with Crippen LogP contribution in [0.4, 0.5) is 10.1 Å². The average molecular weight is 287 g/mol. The molecule has 1 N–H and O–H groups in total. The standard InChI is InChI=1S/C16H18FN3O/c1-11-8-12(4-5-14(11)17)9-19-16(21)13-10-18-7-6-15(13)20(2)3/h4-8,10H,9H2,1-3H3,(H,19,21). The number of anilines is 1. The maximum absolute atomic E-state index is 13.2. The number of nitrogens with zero attached hydrogens (tertiary/aromatic N) is 2. The first kappa shape index (κ1) is 15.0. The highest BCUT2D eigenvalue weighted by Gasteiger charge is 2.12. The van der Waals surface area contributed by atoms with Crippen molar-refractivity contribution in [1.82, 2.24) is 10.3 Å². The summed E-state index contributed by atoms with van der Waals surface area (Å²) in [7, 11) is 3.74. The quantitative estimate of drug-likeness (QED) is 0.940. The van der Waals surface area contributed by atoms with Crippen molar-refractivity contribution in [1.29, 1.82) is 0 Å². The minimum atomic E-state index is -0.243. The van der Waals surface area contributed by atoms with Gasteiger partial charge in [0.15, 0.2) is 0 Å². The molecule has 0 radical (unpaired) electrons. The Kier molecular flexibility index (Phi) is 4.52. The topological polar surface area (TPSA) is 45.2 Å². The average Bonchev–Trinajstić information content (AvgIpc) is 2.48. The number of carbonyl (C=O) groups is 1. The number of hydrogen-bond acceptors (Lipinski definition) is 3. The number of rotatable bonds is 4. The van der Waals surface area contributed by atoms with E-state index in [1.54, 1.807) is 37.5 Å². The number of halogens is 1. The van der Waals surface area contributed by atoms with E-state index in [0.29, 0.717) is 17.7 Å². The molecular weight excluding hydrogens is 269 g/mol. The summed E-state index contributed by atoms with van der Waals surface area (Å²) in [5.41, 5.74) is 2.74.